The normalized spacial score (nSPS) is 14.8. The van der Waals surface area contributed by atoms with Gasteiger partial charge in [-0.2, -0.15) is 5.10 Å². The molecular weight excluding hydrogens is 202 g/mol. The summed E-state index contributed by atoms with van der Waals surface area (Å²) < 4.78 is 0. The number of carbonyl (C=O) groups excluding carboxylic acids is 1. The number of nitrogens with one attached hydrogen (secondary N) is 2. The zero-order valence-corrected chi connectivity index (χ0v) is 9.01. The smallest absolute Gasteiger partial charge is 0.224 e. The number of halogens is 1. The van der Waals surface area contributed by atoms with E-state index in [4.69, 9.17) is 11.6 Å². The first-order valence-electron chi connectivity index (χ1n) is 4.50. The van der Waals surface area contributed by atoms with E-state index in [-0.39, 0.29) is 17.9 Å². The van der Waals surface area contributed by atoms with Gasteiger partial charge in [-0.1, -0.05) is 6.92 Å². The molecule has 2 atom stereocenters. The molecule has 0 saturated carbocycles. The molecule has 1 aromatic rings. The number of alkyl halides is 1. The minimum Gasteiger partial charge on any atom is -0.349 e. The molecule has 5 heteroatoms. The molecular formula is C9H14ClN3O. The summed E-state index contributed by atoms with van der Waals surface area (Å²) in [6.07, 6.45) is 3.45. The number of aromatic amines is 1. The van der Waals surface area contributed by atoms with Crippen LogP contribution in [0.15, 0.2) is 12.4 Å². The number of rotatable bonds is 4. The Bertz CT molecular complexity index is 286. The minimum absolute atomic E-state index is 0.0336. The van der Waals surface area contributed by atoms with E-state index in [1.54, 1.807) is 19.3 Å². The summed E-state index contributed by atoms with van der Waals surface area (Å²) >= 11 is 5.58. The molecule has 0 aliphatic heterocycles. The van der Waals surface area contributed by atoms with Crippen LogP contribution in [-0.4, -0.2) is 22.0 Å². The highest BCUT2D eigenvalue weighted by molar-refractivity contribution is 6.19. The highest BCUT2D eigenvalue weighted by Gasteiger charge is 2.15. The van der Waals surface area contributed by atoms with Gasteiger partial charge in [-0.3, -0.25) is 9.89 Å². The fourth-order valence-corrected chi connectivity index (χ4v) is 1.15. The lowest BCUT2D eigenvalue weighted by Crippen LogP contribution is -2.32. The van der Waals surface area contributed by atoms with Gasteiger partial charge in [0.2, 0.25) is 5.91 Å². The van der Waals surface area contributed by atoms with Gasteiger partial charge in [0.25, 0.3) is 0 Å². The third-order valence-corrected chi connectivity index (χ3v) is 2.52. The van der Waals surface area contributed by atoms with Gasteiger partial charge in [-0.25, -0.2) is 0 Å². The largest absolute Gasteiger partial charge is 0.349 e. The Morgan fingerprint density at radius 3 is 2.93 bits per heavy atom. The van der Waals surface area contributed by atoms with Crippen LogP contribution in [0.5, 0.6) is 0 Å². The molecule has 0 aliphatic rings. The van der Waals surface area contributed by atoms with E-state index in [0.29, 0.717) is 5.88 Å². The third kappa shape index (κ3) is 2.73. The van der Waals surface area contributed by atoms with Gasteiger partial charge in [0.15, 0.2) is 0 Å². The van der Waals surface area contributed by atoms with Gasteiger partial charge in [-0.15, -0.1) is 11.6 Å². The second kappa shape index (κ2) is 5.00. The van der Waals surface area contributed by atoms with Gasteiger partial charge in [0.1, 0.15) is 0 Å². The SMILES string of the molecule is CC(CCl)C(=O)NC(C)c1cn[nH]c1. The second-order valence-electron chi connectivity index (χ2n) is 3.32. The molecule has 1 heterocycles. The maximum atomic E-state index is 11.5. The van der Waals surface area contributed by atoms with E-state index in [0.717, 1.165) is 5.56 Å². The van der Waals surface area contributed by atoms with Gasteiger partial charge in [0.05, 0.1) is 12.2 Å². The fourth-order valence-electron chi connectivity index (χ4n) is 1.01. The van der Waals surface area contributed by atoms with Crippen LogP contribution in [0, 0.1) is 5.92 Å². The van der Waals surface area contributed by atoms with Crippen molar-refractivity contribution in [3.05, 3.63) is 18.0 Å². The Balaban J connectivity index is 2.49. The molecule has 1 amide bonds. The summed E-state index contributed by atoms with van der Waals surface area (Å²) in [6.45, 7) is 3.70. The quantitative estimate of drug-likeness (QED) is 0.748. The van der Waals surface area contributed by atoms with E-state index >= 15 is 0 Å². The van der Waals surface area contributed by atoms with Gasteiger partial charge < -0.3 is 5.32 Å². The number of carbonyl (C=O) groups is 1. The Hall–Kier alpha value is -1.03. The lowest BCUT2D eigenvalue weighted by Gasteiger charge is -2.14. The molecule has 2 N–H and O–H groups in total. The first-order chi connectivity index (χ1) is 6.65. The van der Waals surface area contributed by atoms with Crippen LogP contribution in [0.2, 0.25) is 0 Å². The molecule has 0 spiro atoms. The minimum atomic E-state index is -0.161. The monoisotopic (exact) mass is 215 g/mol. The first-order valence-corrected chi connectivity index (χ1v) is 5.03. The van der Waals surface area contributed by atoms with Gasteiger partial charge in [-0.05, 0) is 6.92 Å². The molecule has 14 heavy (non-hydrogen) atoms. The molecule has 4 nitrogen and oxygen atoms in total. The number of hydrogen-bond acceptors (Lipinski definition) is 2. The van der Waals surface area contributed by atoms with Crippen molar-refractivity contribution in [2.24, 2.45) is 5.92 Å². The van der Waals surface area contributed by atoms with Crippen LogP contribution in [0.1, 0.15) is 25.5 Å². The van der Waals surface area contributed by atoms with Crippen LogP contribution in [0.3, 0.4) is 0 Å². The number of aromatic nitrogens is 2. The molecule has 1 aromatic heterocycles. The second-order valence-corrected chi connectivity index (χ2v) is 3.63. The zero-order valence-electron chi connectivity index (χ0n) is 8.25. The molecule has 0 bridgehead atoms. The summed E-state index contributed by atoms with van der Waals surface area (Å²) in [5.41, 5.74) is 0.958. The topological polar surface area (TPSA) is 57.8 Å². The summed E-state index contributed by atoms with van der Waals surface area (Å²) in [4.78, 5) is 11.5. The molecule has 1 rings (SSSR count). The summed E-state index contributed by atoms with van der Waals surface area (Å²) in [7, 11) is 0. The van der Waals surface area contributed by atoms with Crippen molar-refractivity contribution < 1.29 is 4.79 Å². The van der Waals surface area contributed by atoms with Crippen LogP contribution in [-0.2, 0) is 4.79 Å². The van der Waals surface area contributed by atoms with Gasteiger partial charge in [0, 0.05) is 23.6 Å². The first kappa shape index (κ1) is 11.0. The molecule has 0 saturated heterocycles. The summed E-state index contributed by atoms with van der Waals surface area (Å²) in [5.74, 6) is 0.143. The molecule has 0 aliphatic carbocycles. The van der Waals surface area contributed by atoms with Crippen LogP contribution < -0.4 is 5.32 Å². The number of amides is 1. The summed E-state index contributed by atoms with van der Waals surface area (Å²) in [6, 6.07) is -0.0353. The van der Waals surface area contributed by atoms with Crippen molar-refractivity contribution >= 4 is 17.5 Å². The van der Waals surface area contributed by atoms with E-state index in [1.165, 1.54) is 0 Å². The predicted molar refractivity (Wildman–Crippen MR) is 55.0 cm³/mol. The van der Waals surface area contributed by atoms with Gasteiger partial charge >= 0.3 is 0 Å². The Labute approximate surface area is 88.0 Å². The molecule has 0 aromatic carbocycles. The third-order valence-electron chi connectivity index (χ3n) is 2.06. The Kier molecular flexibility index (Phi) is 3.95. The average molecular weight is 216 g/mol. The fraction of sp³-hybridized carbons (Fsp3) is 0.556. The number of H-pyrrole nitrogens is 1. The molecule has 78 valence electrons. The van der Waals surface area contributed by atoms with Crippen LogP contribution >= 0.6 is 11.6 Å². The Morgan fingerprint density at radius 2 is 2.43 bits per heavy atom. The van der Waals surface area contributed by atoms with Crippen molar-refractivity contribution in [1.29, 1.82) is 0 Å². The Morgan fingerprint density at radius 1 is 1.71 bits per heavy atom. The lowest BCUT2D eigenvalue weighted by molar-refractivity contribution is -0.124. The van der Waals surface area contributed by atoms with E-state index in [9.17, 15) is 4.79 Å². The number of hydrogen-bond donors (Lipinski definition) is 2. The van der Waals surface area contributed by atoms with Crippen molar-refractivity contribution in [2.75, 3.05) is 5.88 Å². The van der Waals surface area contributed by atoms with E-state index < -0.39 is 0 Å². The maximum absolute atomic E-state index is 11.5. The van der Waals surface area contributed by atoms with Crippen LogP contribution in [0.4, 0.5) is 0 Å². The van der Waals surface area contributed by atoms with Crippen LogP contribution in [0.25, 0.3) is 0 Å². The summed E-state index contributed by atoms with van der Waals surface area (Å²) in [5, 5.41) is 9.36. The van der Waals surface area contributed by atoms with Crippen molar-refractivity contribution in [1.82, 2.24) is 15.5 Å². The van der Waals surface area contributed by atoms with E-state index in [2.05, 4.69) is 15.5 Å². The van der Waals surface area contributed by atoms with E-state index in [1.807, 2.05) is 6.92 Å². The molecule has 2 unspecified atom stereocenters. The van der Waals surface area contributed by atoms with Crippen molar-refractivity contribution in [3.63, 3.8) is 0 Å². The lowest BCUT2D eigenvalue weighted by atomic mass is 10.1. The maximum Gasteiger partial charge on any atom is 0.224 e. The predicted octanol–water partition coefficient (Wildman–Crippen LogP) is 1.46. The van der Waals surface area contributed by atoms with Crippen molar-refractivity contribution in [2.45, 2.75) is 19.9 Å². The standard InChI is InChI=1S/C9H14ClN3O/c1-6(3-10)9(14)13-7(2)8-4-11-12-5-8/h4-7H,3H2,1-2H3,(H,11,12)(H,13,14). The van der Waals surface area contributed by atoms with Crippen molar-refractivity contribution in [3.8, 4) is 0 Å². The highest BCUT2D eigenvalue weighted by atomic mass is 35.5. The zero-order chi connectivity index (χ0) is 10.6. The molecule has 0 radical (unpaired) electrons. The molecule has 0 fully saturated rings. The number of nitrogens with zero attached hydrogens (tertiary/aromatic N) is 1. The average Bonchev–Trinajstić information content (AvgIpc) is 2.69. The highest BCUT2D eigenvalue weighted by Crippen LogP contribution is 2.10.